The molecule has 0 aliphatic carbocycles. The first kappa shape index (κ1) is 15.4. The van der Waals surface area contributed by atoms with Crippen molar-refractivity contribution in [2.45, 2.75) is 32.4 Å². The zero-order valence-corrected chi connectivity index (χ0v) is 11.6. The molecule has 1 atom stereocenters. The van der Waals surface area contributed by atoms with Crippen LogP contribution in [-0.4, -0.2) is 44.1 Å². The molecule has 16 heavy (non-hydrogen) atoms. The maximum atomic E-state index is 12.0. The summed E-state index contributed by atoms with van der Waals surface area (Å²) >= 11 is 0. The first-order valence-electron chi connectivity index (χ1n) is 5.07. The average molecular weight is 251 g/mol. The Morgan fingerprint density at radius 1 is 1.38 bits per heavy atom. The number of carbonyl (C=O) groups is 1. The third-order valence-electron chi connectivity index (χ3n) is 2.32. The summed E-state index contributed by atoms with van der Waals surface area (Å²) in [5, 5.41) is 0. The molecule has 0 aromatic rings. The van der Waals surface area contributed by atoms with Gasteiger partial charge in [-0.2, -0.15) is 0 Å². The van der Waals surface area contributed by atoms with E-state index in [9.17, 15) is 13.2 Å². The lowest BCUT2D eigenvalue weighted by Crippen LogP contribution is -2.43. The molecule has 1 unspecified atom stereocenters. The number of hydrogen-bond acceptors (Lipinski definition) is 4. The first-order chi connectivity index (χ1) is 7.04. The van der Waals surface area contributed by atoms with E-state index < -0.39 is 26.7 Å². The summed E-state index contributed by atoms with van der Waals surface area (Å²) in [5.41, 5.74) is 0. The summed E-state index contributed by atoms with van der Waals surface area (Å²) in [6.45, 7) is 6.65. The second kappa shape index (κ2) is 5.14. The maximum Gasteiger partial charge on any atom is 0.309 e. The van der Waals surface area contributed by atoms with Gasteiger partial charge in [0.1, 0.15) is 0 Å². The van der Waals surface area contributed by atoms with Gasteiger partial charge in [-0.05, 0) is 20.8 Å². The minimum atomic E-state index is -3.39. The van der Waals surface area contributed by atoms with Crippen molar-refractivity contribution in [2.75, 3.05) is 20.7 Å². The van der Waals surface area contributed by atoms with Crippen molar-refractivity contribution in [3.05, 3.63) is 0 Å². The lowest BCUT2D eigenvalue weighted by atomic mass is 10.2. The summed E-state index contributed by atoms with van der Waals surface area (Å²) < 4.78 is 28.8. The van der Waals surface area contributed by atoms with Gasteiger partial charge in [-0.1, -0.05) is 6.92 Å². The molecule has 0 heterocycles. The van der Waals surface area contributed by atoms with E-state index in [4.69, 9.17) is 0 Å². The highest BCUT2D eigenvalue weighted by Crippen LogP contribution is 2.19. The Hall–Kier alpha value is -0.620. The maximum absolute atomic E-state index is 12.0. The van der Waals surface area contributed by atoms with Crippen LogP contribution in [-0.2, 0) is 19.6 Å². The van der Waals surface area contributed by atoms with Crippen LogP contribution in [0.15, 0.2) is 0 Å². The quantitative estimate of drug-likeness (QED) is 0.695. The van der Waals surface area contributed by atoms with E-state index in [0.717, 1.165) is 0 Å². The van der Waals surface area contributed by atoms with E-state index >= 15 is 0 Å². The van der Waals surface area contributed by atoms with Crippen LogP contribution in [0.25, 0.3) is 0 Å². The van der Waals surface area contributed by atoms with E-state index in [0.29, 0.717) is 0 Å². The average Bonchev–Trinajstić information content (AvgIpc) is 2.14. The number of esters is 1. The highest BCUT2D eigenvalue weighted by molar-refractivity contribution is 7.90. The highest BCUT2D eigenvalue weighted by atomic mass is 32.2. The molecule has 0 aliphatic heterocycles. The predicted octanol–water partition coefficient (Wildman–Crippen LogP) is 0.856. The van der Waals surface area contributed by atoms with Crippen LogP contribution in [0.4, 0.5) is 0 Å². The van der Waals surface area contributed by atoms with Crippen molar-refractivity contribution in [1.29, 1.82) is 0 Å². The largest absolute Gasteiger partial charge is 0.469 e. The Morgan fingerprint density at radius 2 is 1.81 bits per heavy atom. The normalized spacial score (nSPS) is 14.9. The highest BCUT2D eigenvalue weighted by Gasteiger charge is 2.34. The van der Waals surface area contributed by atoms with E-state index in [-0.39, 0.29) is 6.54 Å². The molecule has 0 saturated carbocycles. The van der Waals surface area contributed by atoms with Crippen LogP contribution in [0, 0.1) is 5.92 Å². The van der Waals surface area contributed by atoms with Gasteiger partial charge in [-0.25, -0.2) is 12.7 Å². The van der Waals surface area contributed by atoms with Crippen LogP contribution in [0.3, 0.4) is 0 Å². The SMILES string of the molecule is COC(=O)C(C)CN(C)S(=O)(=O)C(C)(C)C. The Balaban J connectivity index is 4.73. The molecule has 0 aromatic heterocycles. The fourth-order valence-electron chi connectivity index (χ4n) is 1.23. The second-order valence-electron chi connectivity index (χ2n) is 4.82. The van der Waals surface area contributed by atoms with E-state index in [2.05, 4.69) is 4.74 Å². The fourth-order valence-corrected chi connectivity index (χ4v) is 2.58. The molecule has 0 radical (unpaired) electrons. The molecule has 0 amide bonds. The van der Waals surface area contributed by atoms with Crippen molar-refractivity contribution in [2.24, 2.45) is 5.92 Å². The lowest BCUT2D eigenvalue weighted by Gasteiger charge is -2.28. The molecule has 0 rings (SSSR count). The minimum Gasteiger partial charge on any atom is -0.469 e. The van der Waals surface area contributed by atoms with Gasteiger partial charge in [-0.15, -0.1) is 0 Å². The number of rotatable bonds is 4. The summed E-state index contributed by atoms with van der Waals surface area (Å²) in [5.74, 6) is -0.872. The zero-order valence-electron chi connectivity index (χ0n) is 10.8. The van der Waals surface area contributed by atoms with Gasteiger partial charge in [0, 0.05) is 13.6 Å². The second-order valence-corrected chi connectivity index (χ2v) is 7.62. The summed E-state index contributed by atoms with van der Waals surface area (Å²) in [6, 6.07) is 0. The van der Waals surface area contributed by atoms with Crippen LogP contribution < -0.4 is 0 Å². The van der Waals surface area contributed by atoms with Crippen molar-refractivity contribution in [3.63, 3.8) is 0 Å². The Kier molecular flexibility index (Phi) is 4.94. The Bertz CT molecular complexity index is 342. The smallest absolute Gasteiger partial charge is 0.309 e. The predicted molar refractivity (Wildman–Crippen MR) is 62.5 cm³/mol. The molecule has 6 heteroatoms. The third kappa shape index (κ3) is 3.45. The number of sulfonamides is 1. The summed E-state index contributed by atoms with van der Waals surface area (Å²) in [6.07, 6.45) is 0. The lowest BCUT2D eigenvalue weighted by molar-refractivity contribution is -0.144. The number of nitrogens with zero attached hydrogens (tertiary/aromatic N) is 1. The molecule has 5 nitrogen and oxygen atoms in total. The van der Waals surface area contributed by atoms with Gasteiger partial charge in [-0.3, -0.25) is 4.79 Å². The molecule has 0 saturated heterocycles. The number of methoxy groups -OCH3 is 1. The number of carbonyl (C=O) groups excluding carboxylic acids is 1. The summed E-state index contributed by atoms with van der Waals surface area (Å²) in [7, 11) is -0.627. The van der Waals surface area contributed by atoms with Crippen LogP contribution >= 0.6 is 0 Å². The van der Waals surface area contributed by atoms with Gasteiger partial charge in [0.2, 0.25) is 10.0 Å². The van der Waals surface area contributed by atoms with Gasteiger partial charge in [0.05, 0.1) is 17.8 Å². The molecular weight excluding hydrogens is 230 g/mol. The zero-order chi connectivity index (χ0) is 13.1. The van der Waals surface area contributed by atoms with Crippen LogP contribution in [0.1, 0.15) is 27.7 Å². The van der Waals surface area contributed by atoms with Crippen LogP contribution in [0.5, 0.6) is 0 Å². The topological polar surface area (TPSA) is 63.7 Å². The van der Waals surface area contributed by atoms with E-state index in [1.807, 2.05) is 0 Å². The molecule has 0 aromatic carbocycles. The number of ether oxygens (including phenoxy) is 1. The van der Waals surface area contributed by atoms with Gasteiger partial charge in [0.15, 0.2) is 0 Å². The standard InChI is InChI=1S/C10H21NO4S/c1-8(9(12)15-6)7-11(5)16(13,14)10(2,3)4/h8H,7H2,1-6H3. The molecule has 0 fully saturated rings. The number of hydrogen-bond donors (Lipinski definition) is 0. The minimum absolute atomic E-state index is 0.131. The van der Waals surface area contributed by atoms with Crippen molar-refractivity contribution in [3.8, 4) is 0 Å². The fraction of sp³-hybridized carbons (Fsp3) is 0.900. The molecule has 0 aliphatic rings. The summed E-state index contributed by atoms with van der Waals surface area (Å²) in [4.78, 5) is 11.2. The van der Waals surface area contributed by atoms with Gasteiger partial charge < -0.3 is 4.74 Å². The Morgan fingerprint density at radius 3 is 2.12 bits per heavy atom. The molecule has 96 valence electrons. The van der Waals surface area contributed by atoms with Crippen molar-refractivity contribution < 1.29 is 17.9 Å². The van der Waals surface area contributed by atoms with E-state index in [1.54, 1.807) is 27.7 Å². The van der Waals surface area contributed by atoms with Crippen molar-refractivity contribution in [1.82, 2.24) is 4.31 Å². The monoisotopic (exact) mass is 251 g/mol. The molecular formula is C10H21NO4S. The molecule has 0 bridgehead atoms. The van der Waals surface area contributed by atoms with E-state index in [1.165, 1.54) is 18.5 Å². The van der Waals surface area contributed by atoms with Crippen molar-refractivity contribution >= 4 is 16.0 Å². The van der Waals surface area contributed by atoms with Gasteiger partial charge >= 0.3 is 5.97 Å². The Labute approximate surface area is 97.8 Å². The molecule has 0 N–H and O–H groups in total. The van der Waals surface area contributed by atoms with Crippen LogP contribution in [0.2, 0.25) is 0 Å². The van der Waals surface area contributed by atoms with Gasteiger partial charge in [0.25, 0.3) is 0 Å². The molecule has 0 spiro atoms. The third-order valence-corrected chi connectivity index (χ3v) is 4.84. The first-order valence-corrected chi connectivity index (χ1v) is 6.51.